The molecule has 1 aromatic rings. The van der Waals surface area contributed by atoms with Gasteiger partial charge in [0.15, 0.2) is 5.11 Å². The predicted molar refractivity (Wildman–Crippen MR) is 66.8 cm³/mol. The number of thiocarbonyl (C=S) groups is 1. The van der Waals surface area contributed by atoms with E-state index in [0.29, 0.717) is 25.9 Å². The maximum Gasteiger partial charge on any atom is 0.170 e. The van der Waals surface area contributed by atoms with Gasteiger partial charge in [0.25, 0.3) is 0 Å². The summed E-state index contributed by atoms with van der Waals surface area (Å²) in [4.78, 5) is 0. The van der Waals surface area contributed by atoms with Crippen LogP contribution in [-0.2, 0) is 0 Å². The first-order chi connectivity index (χ1) is 6.54. The number of anilines is 1. The van der Waals surface area contributed by atoms with Crippen LogP contribution in [0.2, 0.25) is 15.1 Å². The van der Waals surface area contributed by atoms with E-state index in [1.165, 1.54) is 0 Å². The number of halogens is 3. The molecule has 0 saturated carbocycles. The lowest BCUT2D eigenvalue weighted by atomic mass is 10.3. The smallest absolute Gasteiger partial charge is 0.170 e. The highest BCUT2D eigenvalue weighted by molar-refractivity contribution is 7.80. The zero-order chi connectivity index (χ0) is 10.7. The van der Waals surface area contributed by atoms with Crippen molar-refractivity contribution in [1.29, 1.82) is 0 Å². The van der Waals surface area contributed by atoms with Crippen LogP contribution in [0.4, 0.5) is 5.69 Å². The minimum Gasteiger partial charge on any atom is -0.366 e. The lowest BCUT2D eigenvalue weighted by Gasteiger charge is -2.10. The Kier molecular flexibility index (Phi) is 4.26. The molecule has 76 valence electrons. The molecular weight excluding hydrogens is 263 g/mol. The van der Waals surface area contributed by atoms with Crippen LogP contribution in [0, 0.1) is 0 Å². The summed E-state index contributed by atoms with van der Waals surface area (Å²) in [5.41, 5.74) is 0.553. The molecule has 0 aliphatic heterocycles. The summed E-state index contributed by atoms with van der Waals surface area (Å²) in [7, 11) is 1.70. The number of hydrogen-bond acceptors (Lipinski definition) is 1. The fraction of sp³-hybridized carbons (Fsp3) is 0.125. The van der Waals surface area contributed by atoms with Crippen LogP contribution in [0.15, 0.2) is 12.1 Å². The third-order valence-electron chi connectivity index (χ3n) is 1.47. The summed E-state index contributed by atoms with van der Waals surface area (Å²) in [6.07, 6.45) is 0. The van der Waals surface area contributed by atoms with Crippen molar-refractivity contribution in [1.82, 2.24) is 5.32 Å². The summed E-state index contributed by atoms with van der Waals surface area (Å²) >= 11 is 22.5. The van der Waals surface area contributed by atoms with E-state index in [4.69, 9.17) is 47.0 Å². The van der Waals surface area contributed by atoms with Gasteiger partial charge >= 0.3 is 0 Å². The summed E-state index contributed by atoms with van der Waals surface area (Å²) in [5, 5.41) is 7.39. The Balaban J connectivity index is 3.02. The van der Waals surface area contributed by atoms with E-state index in [0.717, 1.165) is 0 Å². The van der Waals surface area contributed by atoms with Gasteiger partial charge in [-0.05, 0) is 24.4 Å². The predicted octanol–water partition coefficient (Wildman–Crippen LogP) is 3.56. The van der Waals surface area contributed by atoms with Gasteiger partial charge in [0.05, 0.1) is 15.7 Å². The maximum atomic E-state index is 5.92. The number of nitrogens with one attached hydrogen (secondary N) is 2. The van der Waals surface area contributed by atoms with E-state index in [2.05, 4.69) is 10.6 Å². The van der Waals surface area contributed by atoms with Crippen LogP contribution in [0.3, 0.4) is 0 Å². The molecule has 1 aromatic carbocycles. The Hall–Kier alpha value is -0.220. The lowest BCUT2D eigenvalue weighted by Crippen LogP contribution is -2.24. The SMILES string of the molecule is CNC(=S)Nc1c(Cl)cc(Cl)cc1Cl. The normalized spacial score (nSPS) is 9.71. The van der Waals surface area contributed by atoms with Crippen LogP contribution >= 0.6 is 47.0 Å². The van der Waals surface area contributed by atoms with E-state index in [-0.39, 0.29) is 0 Å². The van der Waals surface area contributed by atoms with Gasteiger partial charge in [-0.15, -0.1) is 0 Å². The zero-order valence-corrected chi connectivity index (χ0v) is 10.3. The van der Waals surface area contributed by atoms with Crippen molar-refractivity contribution in [2.24, 2.45) is 0 Å². The Labute approximate surface area is 103 Å². The molecule has 0 unspecified atom stereocenters. The van der Waals surface area contributed by atoms with Gasteiger partial charge in [0.2, 0.25) is 0 Å². The van der Waals surface area contributed by atoms with E-state index >= 15 is 0 Å². The molecule has 0 fully saturated rings. The first-order valence-corrected chi connectivity index (χ1v) is 5.22. The van der Waals surface area contributed by atoms with Crippen LogP contribution in [-0.4, -0.2) is 12.2 Å². The van der Waals surface area contributed by atoms with Gasteiger partial charge in [0, 0.05) is 12.1 Å². The van der Waals surface area contributed by atoms with E-state index in [1.54, 1.807) is 19.2 Å². The molecule has 0 spiro atoms. The fourth-order valence-corrected chi connectivity index (χ4v) is 1.85. The number of hydrogen-bond donors (Lipinski definition) is 2. The third-order valence-corrected chi connectivity index (χ3v) is 2.59. The Morgan fingerprint density at radius 1 is 1.21 bits per heavy atom. The van der Waals surface area contributed by atoms with Gasteiger partial charge in [0.1, 0.15) is 0 Å². The minimum atomic E-state index is 0.431. The van der Waals surface area contributed by atoms with Crippen LogP contribution in [0.5, 0.6) is 0 Å². The summed E-state index contributed by atoms with van der Waals surface area (Å²) in [6.45, 7) is 0. The monoisotopic (exact) mass is 268 g/mol. The van der Waals surface area contributed by atoms with Crippen LogP contribution in [0.1, 0.15) is 0 Å². The summed E-state index contributed by atoms with van der Waals surface area (Å²) < 4.78 is 0. The van der Waals surface area contributed by atoms with E-state index < -0.39 is 0 Å². The van der Waals surface area contributed by atoms with Crippen molar-refractivity contribution in [2.45, 2.75) is 0 Å². The molecule has 14 heavy (non-hydrogen) atoms. The first kappa shape index (κ1) is 11.9. The number of benzene rings is 1. The highest BCUT2D eigenvalue weighted by atomic mass is 35.5. The molecule has 2 N–H and O–H groups in total. The Morgan fingerprint density at radius 3 is 2.14 bits per heavy atom. The second kappa shape index (κ2) is 5.03. The minimum absolute atomic E-state index is 0.431. The average molecular weight is 270 g/mol. The molecule has 0 aliphatic rings. The van der Waals surface area contributed by atoms with E-state index in [9.17, 15) is 0 Å². The molecule has 0 atom stereocenters. The molecule has 1 rings (SSSR count). The van der Waals surface area contributed by atoms with E-state index in [1.807, 2.05) is 0 Å². The molecular formula is C8H7Cl3N2S. The van der Waals surface area contributed by atoms with Crippen molar-refractivity contribution in [3.05, 3.63) is 27.2 Å². The van der Waals surface area contributed by atoms with Gasteiger partial charge in [-0.2, -0.15) is 0 Å². The first-order valence-electron chi connectivity index (χ1n) is 3.68. The van der Waals surface area contributed by atoms with Crippen molar-refractivity contribution < 1.29 is 0 Å². The topological polar surface area (TPSA) is 24.1 Å². The molecule has 2 nitrogen and oxygen atoms in total. The lowest BCUT2D eigenvalue weighted by molar-refractivity contribution is 1.20. The molecule has 0 radical (unpaired) electrons. The van der Waals surface area contributed by atoms with Crippen LogP contribution < -0.4 is 10.6 Å². The highest BCUT2D eigenvalue weighted by Crippen LogP contribution is 2.33. The number of rotatable bonds is 1. The van der Waals surface area contributed by atoms with Gasteiger partial charge < -0.3 is 10.6 Å². The van der Waals surface area contributed by atoms with Crippen LogP contribution in [0.25, 0.3) is 0 Å². The molecule has 0 amide bonds. The van der Waals surface area contributed by atoms with Gasteiger partial charge in [-0.25, -0.2) is 0 Å². The van der Waals surface area contributed by atoms with Crippen molar-refractivity contribution in [2.75, 3.05) is 12.4 Å². The average Bonchev–Trinajstić information content (AvgIpc) is 2.10. The molecule has 0 aromatic heterocycles. The second-order valence-electron chi connectivity index (χ2n) is 2.45. The standard InChI is InChI=1S/C8H7Cl3N2S/c1-12-8(14)13-7-5(10)2-4(9)3-6(7)11/h2-3H,1H3,(H2,12,13,14). The maximum absolute atomic E-state index is 5.92. The molecule has 0 aliphatic carbocycles. The summed E-state index contributed by atoms with van der Waals surface area (Å²) in [6, 6.07) is 3.19. The Morgan fingerprint density at radius 2 is 1.71 bits per heavy atom. The zero-order valence-electron chi connectivity index (χ0n) is 7.20. The Bertz CT molecular complexity index is 345. The van der Waals surface area contributed by atoms with Crippen molar-refractivity contribution in [3.8, 4) is 0 Å². The second-order valence-corrected chi connectivity index (χ2v) is 4.11. The fourth-order valence-electron chi connectivity index (χ4n) is 0.838. The largest absolute Gasteiger partial charge is 0.366 e. The van der Waals surface area contributed by atoms with Crippen molar-refractivity contribution in [3.63, 3.8) is 0 Å². The highest BCUT2D eigenvalue weighted by Gasteiger charge is 2.08. The quantitative estimate of drug-likeness (QED) is 0.762. The van der Waals surface area contributed by atoms with Gasteiger partial charge in [-0.3, -0.25) is 0 Å². The van der Waals surface area contributed by atoms with Gasteiger partial charge in [-0.1, -0.05) is 34.8 Å². The summed E-state index contributed by atoms with van der Waals surface area (Å²) in [5.74, 6) is 0. The third kappa shape index (κ3) is 2.89. The van der Waals surface area contributed by atoms with Crippen molar-refractivity contribution >= 4 is 57.8 Å². The molecule has 6 heteroatoms. The molecule has 0 saturated heterocycles. The molecule has 0 heterocycles. The molecule has 0 bridgehead atoms.